The molecule has 2 aromatic carbocycles. The minimum absolute atomic E-state index is 0.0547. The largest absolute Gasteiger partial charge is 0.491 e. The first-order valence-corrected chi connectivity index (χ1v) is 6.61. The van der Waals surface area contributed by atoms with Gasteiger partial charge >= 0.3 is 0 Å². The quantitative estimate of drug-likeness (QED) is 0.811. The Bertz CT molecular complexity index is 617. The molecular formula is C15H16ClFN2O. The number of halogens is 2. The minimum atomic E-state index is -0.378. The van der Waals surface area contributed by atoms with Gasteiger partial charge in [-0.2, -0.15) is 0 Å². The van der Waals surface area contributed by atoms with Gasteiger partial charge in [-0.05, 0) is 38.1 Å². The standard InChI is InChI=1S/C15H16ClFN2O/c1-9(2)20-13-7-11(18)6-12(8-13)19-15-4-3-10(17)5-14(15)16/h3-9,19H,18H2,1-2H3. The number of nitrogens with two attached hydrogens (primary N) is 1. The predicted molar refractivity (Wildman–Crippen MR) is 81.3 cm³/mol. The highest BCUT2D eigenvalue weighted by Gasteiger charge is 2.06. The molecule has 3 N–H and O–H groups in total. The van der Waals surface area contributed by atoms with Crippen molar-refractivity contribution in [2.45, 2.75) is 20.0 Å². The van der Waals surface area contributed by atoms with E-state index in [1.54, 1.807) is 18.2 Å². The van der Waals surface area contributed by atoms with Crippen LogP contribution in [0.15, 0.2) is 36.4 Å². The molecule has 0 saturated heterocycles. The summed E-state index contributed by atoms with van der Waals surface area (Å²) in [7, 11) is 0. The molecule has 0 radical (unpaired) electrons. The summed E-state index contributed by atoms with van der Waals surface area (Å²) in [5.41, 5.74) is 7.75. The second-order valence-electron chi connectivity index (χ2n) is 4.71. The Balaban J connectivity index is 2.26. The van der Waals surface area contributed by atoms with Gasteiger partial charge in [0.05, 0.1) is 16.8 Å². The maximum atomic E-state index is 13.0. The van der Waals surface area contributed by atoms with Crippen LogP contribution in [0, 0.1) is 5.82 Å². The first-order valence-electron chi connectivity index (χ1n) is 6.23. The van der Waals surface area contributed by atoms with E-state index in [1.807, 2.05) is 19.9 Å². The summed E-state index contributed by atoms with van der Waals surface area (Å²) in [6.45, 7) is 3.88. The Hall–Kier alpha value is -1.94. The van der Waals surface area contributed by atoms with E-state index in [-0.39, 0.29) is 11.9 Å². The minimum Gasteiger partial charge on any atom is -0.491 e. The van der Waals surface area contributed by atoms with Crippen LogP contribution in [0.3, 0.4) is 0 Å². The van der Waals surface area contributed by atoms with Crippen molar-refractivity contribution in [2.75, 3.05) is 11.1 Å². The predicted octanol–water partition coefficient (Wildman–Crippen LogP) is 4.59. The van der Waals surface area contributed by atoms with Crippen molar-refractivity contribution in [3.8, 4) is 5.75 Å². The van der Waals surface area contributed by atoms with E-state index in [1.165, 1.54) is 12.1 Å². The first kappa shape index (κ1) is 14.5. The van der Waals surface area contributed by atoms with Crippen LogP contribution in [-0.4, -0.2) is 6.10 Å². The fraction of sp³-hybridized carbons (Fsp3) is 0.200. The molecule has 0 heterocycles. The molecule has 2 aromatic rings. The molecule has 0 fully saturated rings. The van der Waals surface area contributed by atoms with Crippen LogP contribution in [0.4, 0.5) is 21.5 Å². The van der Waals surface area contributed by atoms with E-state index >= 15 is 0 Å². The summed E-state index contributed by atoms with van der Waals surface area (Å²) in [5, 5.41) is 3.40. The molecule has 0 unspecified atom stereocenters. The van der Waals surface area contributed by atoms with Gasteiger partial charge in [-0.1, -0.05) is 11.6 Å². The SMILES string of the molecule is CC(C)Oc1cc(N)cc(Nc2ccc(F)cc2Cl)c1. The molecule has 0 aromatic heterocycles. The normalized spacial score (nSPS) is 10.7. The highest BCUT2D eigenvalue weighted by molar-refractivity contribution is 6.33. The smallest absolute Gasteiger partial charge is 0.124 e. The van der Waals surface area contributed by atoms with Gasteiger partial charge in [0.2, 0.25) is 0 Å². The lowest BCUT2D eigenvalue weighted by Crippen LogP contribution is -2.06. The van der Waals surface area contributed by atoms with Crippen molar-refractivity contribution in [1.29, 1.82) is 0 Å². The third kappa shape index (κ3) is 3.78. The van der Waals surface area contributed by atoms with Gasteiger partial charge in [-0.15, -0.1) is 0 Å². The van der Waals surface area contributed by atoms with E-state index in [0.717, 1.165) is 5.69 Å². The van der Waals surface area contributed by atoms with Crippen LogP contribution in [0.5, 0.6) is 5.75 Å². The summed E-state index contributed by atoms with van der Waals surface area (Å²) < 4.78 is 18.6. The Morgan fingerprint density at radius 1 is 1.20 bits per heavy atom. The van der Waals surface area contributed by atoms with E-state index in [4.69, 9.17) is 22.1 Å². The highest BCUT2D eigenvalue weighted by atomic mass is 35.5. The maximum absolute atomic E-state index is 13.0. The first-order chi connectivity index (χ1) is 9.44. The lowest BCUT2D eigenvalue weighted by atomic mass is 10.2. The fourth-order valence-corrected chi connectivity index (χ4v) is 2.00. The van der Waals surface area contributed by atoms with Gasteiger partial charge in [-0.3, -0.25) is 0 Å². The molecule has 20 heavy (non-hydrogen) atoms. The molecule has 0 spiro atoms. The van der Waals surface area contributed by atoms with Crippen molar-refractivity contribution in [1.82, 2.24) is 0 Å². The third-order valence-corrected chi connectivity index (χ3v) is 2.82. The molecule has 0 aliphatic rings. The summed E-state index contributed by atoms with van der Waals surface area (Å²) >= 11 is 5.98. The molecule has 5 heteroatoms. The number of benzene rings is 2. The van der Waals surface area contributed by atoms with Gasteiger partial charge in [0, 0.05) is 23.5 Å². The number of ether oxygens (including phenoxy) is 1. The number of nitrogen functional groups attached to an aromatic ring is 1. The number of hydrogen-bond donors (Lipinski definition) is 2. The van der Waals surface area contributed by atoms with E-state index < -0.39 is 0 Å². The monoisotopic (exact) mass is 294 g/mol. The average molecular weight is 295 g/mol. The average Bonchev–Trinajstić information content (AvgIpc) is 2.31. The van der Waals surface area contributed by atoms with Crippen molar-refractivity contribution in [3.63, 3.8) is 0 Å². The molecule has 106 valence electrons. The molecule has 0 saturated carbocycles. The van der Waals surface area contributed by atoms with Crippen LogP contribution in [0.25, 0.3) is 0 Å². The molecule has 2 rings (SSSR count). The third-order valence-electron chi connectivity index (χ3n) is 2.51. The number of rotatable bonds is 4. The fourth-order valence-electron chi connectivity index (χ4n) is 1.78. The Morgan fingerprint density at radius 3 is 2.60 bits per heavy atom. The molecular weight excluding hydrogens is 279 g/mol. The van der Waals surface area contributed by atoms with Gasteiger partial charge in [-0.25, -0.2) is 4.39 Å². The Morgan fingerprint density at radius 2 is 1.95 bits per heavy atom. The van der Waals surface area contributed by atoms with Crippen molar-refractivity contribution < 1.29 is 9.13 Å². The maximum Gasteiger partial charge on any atom is 0.124 e. The lowest BCUT2D eigenvalue weighted by molar-refractivity contribution is 0.242. The number of hydrogen-bond acceptors (Lipinski definition) is 3. The van der Waals surface area contributed by atoms with E-state index in [9.17, 15) is 4.39 Å². The lowest BCUT2D eigenvalue weighted by Gasteiger charge is -2.14. The topological polar surface area (TPSA) is 47.3 Å². The zero-order valence-electron chi connectivity index (χ0n) is 11.3. The second kappa shape index (κ2) is 6.01. The van der Waals surface area contributed by atoms with Gasteiger partial charge in [0.25, 0.3) is 0 Å². The van der Waals surface area contributed by atoms with Crippen LogP contribution in [0.1, 0.15) is 13.8 Å². The summed E-state index contributed by atoms with van der Waals surface area (Å²) in [6.07, 6.45) is 0.0547. The Kier molecular flexibility index (Phi) is 4.35. The van der Waals surface area contributed by atoms with E-state index in [2.05, 4.69) is 5.32 Å². The van der Waals surface area contributed by atoms with E-state index in [0.29, 0.717) is 22.1 Å². The molecule has 0 bridgehead atoms. The molecule has 0 atom stereocenters. The molecule has 3 nitrogen and oxygen atoms in total. The Labute approximate surface area is 122 Å². The summed E-state index contributed by atoms with van der Waals surface area (Å²) in [4.78, 5) is 0. The van der Waals surface area contributed by atoms with Gasteiger partial charge < -0.3 is 15.8 Å². The van der Waals surface area contributed by atoms with Crippen molar-refractivity contribution in [2.24, 2.45) is 0 Å². The van der Waals surface area contributed by atoms with Gasteiger partial charge in [0.1, 0.15) is 11.6 Å². The zero-order valence-corrected chi connectivity index (χ0v) is 12.0. The van der Waals surface area contributed by atoms with Crippen LogP contribution in [-0.2, 0) is 0 Å². The number of anilines is 3. The van der Waals surface area contributed by atoms with Crippen LogP contribution in [0.2, 0.25) is 5.02 Å². The van der Waals surface area contributed by atoms with Gasteiger partial charge in [0.15, 0.2) is 0 Å². The molecule has 0 aliphatic heterocycles. The molecule has 0 aliphatic carbocycles. The number of nitrogens with one attached hydrogen (secondary N) is 1. The van der Waals surface area contributed by atoms with Crippen LogP contribution < -0.4 is 15.8 Å². The van der Waals surface area contributed by atoms with Crippen molar-refractivity contribution in [3.05, 3.63) is 47.2 Å². The zero-order chi connectivity index (χ0) is 14.7. The summed E-state index contributed by atoms with van der Waals surface area (Å²) in [5.74, 6) is 0.290. The highest BCUT2D eigenvalue weighted by Crippen LogP contribution is 2.29. The second-order valence-corrected chi connectivity index (χ2v) is 5.11. The van der Waals surface area contributed by atoms with Crippen LogP contribution >= 0.6 is 11.6 Å². The van der Waals surface area contributed by atoms with Crippen molar-refractivity contribution >= 4 is 28.7 Å². The molecule has 0 amide bonds. The summed E-state index contributed by atoms with van der Waals surface area (Å²) in [6, 6.07) is 9.48.